The number of carbonyl (C=O) groups is 3. The fourth-order valence-electron chi connectivity index (χ4n) is 4.25. The average Bonchev–Trinajstić information content (AvgIpc) is 3.22. The first-order chi connectivity index (χ1) is 13.5. The molecule has 2 amide bonds. The van der Waals surface area contributed by atoms with E-state index in [0.29, 0.717) is 5.57 Å². The second kappa shape index (κ2) is 7.08. The van der Waals surface area contributed by atoms with Crippen LogP contribution < -0.4 is 0 Å². The Bertz CT molecular complexity index is 938. The summed E-state index contributed by atoms with van der Waals surface area (Å²) in [6, 6.07) is 18.2. The van der Waals surface area contributed by atoms with E-state index in [2.05, 4.69) is 6.58 Å². The number of carbonyl (C=O) groups excluding carboxylic acids is 3. The molecule has 2 fully saturated rings. The van der Waals surface area contributed by atoms with Gasteiger partial charge in [-0.25, -0.2) is 9.69 Å². The van der Waals surface area contributed by atoms with Gasteiger partial charge in [-0.1, -0.05) is 74.2 Å². The van der Waals surface area contributed by atoms with Crippen LogP contribution in [0.4, 0.5) is 4.79 Å². The van der Waals surface area contributed by atoms with Gasteiger partial charge in [0, 0.05) is 5.92 Å². The molecule has 0 aromatic heterocycles. The number of nitrogens with zero attached hydrogens (tertiary/aromatic N) is 1. The second-order valence-corrected chi connectivity index (χ2v) is 7.30. The SMILES string of the molecule is C=C1C(=O)C(C(=O)N2C(=O)OC[C@@H]2c2ccccc2)C(c2ccccc2)C1C. The molecule has 5 nitrogen and oxygen atoms in total. The number of allylic oxidation sites excluding steroid dienone is 1. The van der Waals surface area contributed by atoms with Crippen molar-refractivity contribution in [1.82, 2.24) is 4.90 Å². The van der Waals surface area contributed by atoms with Crippen LogP contribution in [0.5, 0.6) is 0 Å². The highest BCUT2D eigenvalue weighted by Crippen LogP contribution is 2.46. The predicted octanol–water partition coefficient (Wildman–Crippen LogP) is 3.88. The van der Waals surface area contributed by atoms with Crippen LogP contribution >= 0.6 is 0 Å². The number of rotatable bonds is 3. The van der Waals surface area contributed by atoms with Crippen molar-refractivity contribution in [3.05, 3.63) is 83.9 Å². The third kappa shape index (κ3) is 2.83. The van der Waals surface area contributed by atoms with E-state index in [9.17, 15) is 14.4 Å². The summed E-state index contributed by atoms with van der Waals surface area (Å²) in [5.41, 5.74) is 2.12. The van der Waals surface area contributed by atoms with E-state index in [0.717, 1.165) is 16.0 Å². The molecule has 1 saturated heterocycles. The maximum absolute atomic E-state index is 13.5. The van der Waals surface area contributed by atoms with Gasteiger partial charge in [-0.3, -0.25) is 9.59 Å². The van der Waals surface area contributed by atoms with Crippen molar-refractivity contribution in [2.45, 2.75) is 18.9 Å². The number of Topliss-reactive ketones (excluding diaryl/α,β-unsaturated/α-hetero) is 1. The van der Waals surface area contributed by atoms with Crippen molar-refractivity contribution in [2.75, 3.05) is 6.61 Å². The van der Waals surface area contributed by atoms with Gasteiger partial charge in [0.05, 0.1) is 0 Å². The maximum atomic E-state index is 13.5. The zero-order chi connectivity index (χ0) is 19.8. The summed E-state index contributed by atoms with van der Waals surface area (Å²) in [6.45, 7) is 5.90. The van der Waals surface area contributed by atoms with Crippen molar-refractivity contribution in [3.63, 3.8) is 0 Å². The molecule has 1 aliphatic heterocycles. The van der Waals surface area contributed by atoms with E-state index in [1.807, 2.05) is 67.6 Å². The standard InChI is InChI=1S/C23H21NO4/c1-14-15(2)21(25)20(19(14)17-11-7-4-8-12-17)22(26)24-18(13-28-23(24)27)16-9-5-3-6-10-16/h3-12,14,18-20H,2,13H2,1H3/t14?,18-,19?,20?/m1/s1. The lowest BCUT2D eigenvalue weighted by atomic mass is 9.82. The quantitative estimate of drug-likeness (QED) is 0.603. The number of cyclic esters (lactones) is 1. The summed E-state index contributed by atoms with van der Waals surface area (Å²) in [6.07, 6.45) is -0.705. The average molecular weight is 375 g/mol. The molecular weight excluding hydrogens is 354 g/mol. The van der Waals surface area contributed by atoms with Crippen LogP contribution in [-0.4, -0.2) is 29.3 Å². The molecule has 4 atom stereocenters. The fourth-order valence-corrected chi connectivity index (χ4v) is 4.25. The Morgan fingerprint density at radius 1 is 1.00 bits per heavy atom. The fraction of sp³-hybridized carbons (Fsp3) is 0.261. The highest BCUT2D eigenvalue weighted by atomic mass is 16.6. The van der Waals surface area contributed by atoms with Gasteiger partial charge in [-0.05, 0) is 22.6 Å². The molecule has 1 aliphatic carbocycles. The Kier molecular flexibility index (Phi) is 4.59. The van der Waals surface area contributed by atoms with Gasteiger partial charge in [0.15, 0.2) is 5.78 Å². The van der Waals surface area contributed by atoms with Crippen molar-refractivity contribution in [1.29, 1.82) is 0 Å². The largest absolute Gasteiger partial charge is 0.446 e. The monoisotopic (exact) mass is 375 g/mol. The molecule has 3 unspecified atom stereocenters. The number of hydrogen-bond acceptors (Lipinski definition) is 4. The van der Waals surface area contributed by atoms with Crippen LogP contribution in [0.25, 0.3) is 0 Å². The van der Waals surface area contributed by atoms with Crippen LogP contribution in [-0.2, 0) is 14.3 Å². The lowest BCUT2D eigenvalue weighted by molar-refractivity contribution is -0.138. The minimum Gasteiger partial charge on any atom is -0.446 e. The van der Waals surface area contributed by atoms with Crippen molar-refractivity contribution in [2.24, 2.45) is 11.8 Å². The highest BCUT2D eigenvalue weighted by Gasteiger charge is 2.52. The molecule has 0 bridgehead atoms. The third-order valence-corrected chi connectivity index (χ3v) is 5.79. The van der Waals surface area contributed by atoms with Crippen LogP contribution in [0.2, 0.25) is 0 Å². The summed E-state index contributed by atoms with van der Waals surface area (Å²) in [7, 11) is 0. The Labute approximate surface area is 163 Å². The van der Waals surface area contributed by atoms with E-state index in [1.54, 1.807) is 0 Å². The molecule has 0 radical (unpaired) electrons. The molecular formula is C23H21NO4. The second-order valence-electron chi connectivity index (χ2n) is 7.30. The van der Waals surface area contributed by atoms with Crippen LogP contribution in [0.15, 0.2) is 72.8 Å². The topological polar surface area (TPSA) is 63.7 Å². The first kappa shape index (κ1) is 18.2. The summed E-state index contributed by atoms with van der Waals surface area (Å²) in [5.74, 6) is -2.31. The van der Waals surface area contributed by atoms with Crippen molar-refractivity contribution in [3.8, 4) is 0 Å². The molecule has 0 spiro atoms. The third-order valence-electron chi connectivity index (χ3n) is 5.79. The zero-order valence-electron chi connectivity index (χ0n) is 15.6. The van der Waals surface area contributed by atoms with Crippen LogP contribution in [0.1, 0.15) is 30.0 Å². The smallest absolute Gasteiger partial charge is 0.417 e. The molecule has 2 aromatic carbocycles. The first-order valence-electron chi connectivity index (χ1n) is 9.33. The lowest BCUT2D eigenvalue weighted by Gasteiger charge is -2.26. The van der Waals surface area contributed by atoms with Crippen molar-refractivity contribution < 1.29 is 19.1 Å². The minimum atomic E-state index is -0.971. The van der Waals surface area contributed by atoms with Crippen LogP contribution in [0, 0.1) is 11.8 Å². The Balaban J connectivity index is 1.73. The normalized spacial score (nSPS) is 27.2. The molecule has 1 heterocycles. The van der Waals surface area contributed by atoms with Gasteiger partial charge >= 0.3 is 6.09 Å². The van der Waals surface area contributed by atoms with Crippen LogP contribution in [0.3, 0.4) is 0 Å². The first-order valence-corrected chi connectivity index (χ1v) is 9.33. The Morgan fingerprint density at radius 2 is 1.57 bits per heavy atom. The summed E-state index contributed by atoms with van der Waals surface area (Å²) < 4.78 is 5.18. The predicted molar refractivity (Wildman–Crippen MR) is 103 cm³/mol. The molecule has 5 heteroatoms. The van der Waals surface area contributed by atoms with E-state index >= 15 is 0 Å². The number of hydrogen-bond donors (Lipinski definition) is 0. The molecule has 2 aromatic rings. The van der Waals surface area contributed by atoms with E-state index < -0.39 is 24.0 Å². The number of ketones is 1. The van der Waals surface area contributed by atoms with Gasteiger partial charge < -0.3 is 4.74 Å². The van der Waals surface area contributed by atoms with Crippen molar-refractivity contribution >= 4 is 17.8 Å². The molecule has 2 aliphatic rings. The molecule has 0 N–H and O–H groups in total. The van der Waals surface area contributed by atoms with Gasteiger partial charge in [0.25, 0.3) is 0 Å². The van der Waals surface area contributed by atoms with Gasteiger partial charge in [0.1, 0.15) is 18.6 Å². The lowest BCUT2D eigenvalue weighted by Crippen LogP contribution is -2.42. The summed E-state index contributed by atoms with van der Waals surface area (Å²) in [4.78, 5) is 40.0. The van der Waals surface area contributed by atoms with Gasteiger partial charge in [-0.15, -0.1) is 0 Å². The Hall–Kier alpha value is -3.21. The summed E-state index contributed by atoms with van der Waals surface area (Å²) >= 11 is 0. The maximum Gasteiger partial charge on any atom is 0.417 e. The summed E-state index contributed by atoms with van der Waals surface area (Å²) in [5, 5.41) is 0. The number of benzene rings is 2. The number of ether oxygens (including phenoxy) is 1. The minimum absolute atomic E-state index is 0.0853. The number of amides is 2. The van der Waals surface area contributed by atoms with E-state index in [1.165, 1.54) is 0 Å². The van der Waals surface area contributed by atoms with E-state index in [4.69, 9.17) is 4.74 Å². The Morgan fingerprint density at radius 3 is 2.18 bits per heavy atom. The van der Waals surface area contributed by atoms with Gasteiger partial charge in [-0.2, -0.15) is 0 Å². The molecule has 1 saturated carbocycles. The molecule has 28 heavy (non-hydrogen) atoms. The van der Waals surface area contributed by atoms with E-state index in [-0.39, 0.29) is 24.2 Å². The number of imide groups is 1. The zero-order valence-corrected chi connectivity index (χ0v) is 15.6. The highest BCUT2D eigenvalue weighted by molar-refractivity contribution is 6.15. The molecule has 4 rings (SSSR count). The van der Waals surface area contributed by atoms with Gasteiger partial charge in [0.2, 0.25) is 5.91 Å². The molecule has 142 valence electrons.